The molecule has 4 aromatic rings. The number of aryl methyl sites for hydroxylation is 1. The Balaban J connectivity index is 1.47. The van der Waals surface area contributed by atoms with Crippen LogP contribution in [0.5, 0.6) is 5.88 Å². The fourth-order valence-corrected chi connectivity index (χ4v) is 5.61. The van der Waals surface area contributed by atoms with Gasteiger partial charge in [0, 0.05) is 71.8 Å². The van der Waals surface area contributed by atoms with E-state index < -0.39 is 13.7 Å². The van der Waals surface area contributed by atoms with E-state index in [2.05, 4.69) is 35.0 Å². The summed E-state index contributed by atoms with van der Waals surface area (Å²) in [7, 11) is 2.38. The quantitative estimate of drug-likeness (QED) is 0.158. The molecule has 1 aliphatic carbocycles. The molecule has 0 unspecified atom stereocenters. The molecule has 44 heavy (non-hydrogen) atoms. The van der Waals surface area contributed by atoms with Gasteiger partial charge in [0.2, 0.25) is 11.8 Å². The summed E-state index contributed by atoms with van der Waals surface area (Å²) in [6.07, 6.45) is 8.20. The normalized spacial score (nSPS) is 16.9. The van der Waals surface area contributed by atoms with Gasteiger partial charge in [-0.05, 0) is 38.9 Å². The van der Waals surface area contributed by atoms with Crippen molar-refractivity contribution >= 4 is 36.8 Å². The largest absolute Gasteiger partial charge is 0.474 e. The van der Waals surface area contributed by atoms with Gasteiger partial charge in [0.05, 0.1) is 23.0 Å². The first kappa shape index (κ1) is 31.5. The van der Waals surface area contributed by atoms with Crippen LogP contribution in [0.2, 0.25) is 25.7 Å². The van der Waals surface area contributed by atoms with Crippen molar-refractivity contribution in [2.75, 3.05) is 19.0 Å². The Morgan fingerprint density at radius 1 is 1.16 bits per heavy atom. The van der Waals surface area contributed by atoms with Gasteiger partial charge < -0.3 is 29.0 Å². The van der Waals surface area contributed by atoms with Gasteiger partial charge in [-0.1, -0.05) is 25.7 Å². The molecule has 1 N–H and O–H groups in total. The van der Waals surface area contributed by atoms with Crippen LogP contribution in [0, 0.1) is 0 Å². The lowest BCUT2D eigenvalue weighted by atomic mass is 9.88. The van der Waals surface area contributed by atoms with Gasteiger partial charge >= 0.3 is 6.09 Å². The zero-order valence-electron chi connectivity index (χ0n) is 27.0. The number of nitrogens with zero attached hydrogens (tertiary/aromatic N) is 7. The molecule has 0 bridgehead atoms. The lowest BCUT2D eigenvalue weighted by Crippen LogP contribution is -2.51. The molecule has 1 amide bonds. The summed E-state index contributed by atoms with van der Waals surface area (Å²) in [5, 5.41) is 8.29. The third-order valence-corrected chi connectivity index (χ3v) is 9.09. The Bertz CT molecular complexity index is 1590. The van der Waals surface area contributed by atoms with E-state index in [9.17, 15) is 4.79 Å². The highest BCUT2D eigenvalue weighted by atomic mass is 28.3. The van der Waals surface area contributed by atoms with E-state index >= 15 is 0 Å². The number of hydrogen-bond donors (Lipinski definition) is 1. The van der Waals surface area contributed by atoms with Crippen LogP contribution in [0.25, 0.3) is 22.3 Å². The molecular weight excluding hydrogens is 576 g/mol. The van der Waals surface area contributed by atoms with Crippen molar-refractivity contribution in [2.24, 2.45) is 7.05 Å². The predicted octanol–water partition coefficient (Wildman–Crippen LogP) is 6.06. The first-order valence-electron chi connectivity index (χ1n) is 15.0. The minimum Gasteiger partial charge on any atom is -0.474 e. The molecule has 0 atom stereocenters. The average Bonchev–Trinajstić information content (AvgIpc) is 3.50. The van der Waals surface area contributed by atoms with E-state index in [1.165, 1.54) is 0 Å². The van der Waals surface area contributed by atoms with E-state index in [-0.39, 0.29) is 18.2 Å². The summed E-state index contributed by atoms with van der Waals surface area (Å²) in [5.74, 6) is 0.836. The zero-order valence-corrected chi connectivity index (χ0v) is 28.0. The maximum Gasteiger partial charge on any atom is 0.410 e. The molecule has 1 fully saturated rings. The van der Waals surface area contributed by atoms with Crippen molar-refractivity contribution in [2.45, 2.75) is 83.8 Å². The van der Waals surface area contributed by atoms with Crippen LogP contribution in [0.15, 0.2) is 43.0 Å². The van der Waals surface area contributed by atoms with Crippen LogP contribution in [0.4, 0.5) is 16.4 Å². The van der Waals surface area contributed by atoms with Crippen LogP contribution in [0.1, 0.15) is 33.6 Å². The molecule has 236 valence electrons. The maximum atomic E-state index is 12.6. The second-order valence-corrected chi connectivity index (χ2v) is 19.2. The number of carbonyl (C=O) groups excluding carboxylic acids is 1. The van der Waals surface area contributed by atoms with Crippen molar-refractivity contribution in [3.63, 3.8) is 0 Å². The van der Waals surface area contributed by atoms with Crippen LogP contribution in [0.3, 0.4) is 0 Å². The molecule has 5 rings (SSSR count). The van der Waals surface area contributed by atoms with Crippen LogP contribution in [-0.4, -0.2) is 79.8 Å². The van der Waals surface area contributed by atoms with E-state index in [1.54, 1.807) is 29.0 Å². The molecule has 12 nitrogen and oxygen atoms in total. The molecule has 0 spiro atoms. The molecule has 1 aliphatic rings. The van der Waals surface area contributed by atoms with Gasteiger partial charge in [-0.25, -0.2) is 4.79 Å². The number of rotatable bonds is 11. The summed E-state index contributed by atoms with van der Waals surface area (Å²) in [5.41, 5.74) is 2.53. The molecule has 4 heterocycles. The van der Waals surface area contributed by atoms with Crippen molar-refractivity contribution in [3.8, 4) is 17.1 Å². The van der Waals surface area contributed by atoms with Crippen molar-refractivity contribution in [3.05, 3.63) is 43.0 Å². The number of hydrogen-bond acceptors (Lipinski definition) is 9. The van der Waals surface area contributed by atoms with Crippen LogP contribution < -0.4 is 10.1 Å². The summed E-state index contributed by atoms with van der Waals surface area (Å²) in [6.45, 7) is 13.6. The summed E-state index contributed by atoms with van der Waals surface area (Å²) >= 11 is 0. The number of aromatic nitrogens is 6. The van der Waals surface area contributed by atoms with Crippen molar-refractivity contribution in [1.82, 2.24) is 34.2 Å². The first-order chi connectivity index (χ1) is 20.8. The third-order valence-electron chi connectivity index (χ3n) is 7.39. The second-order valence-electron chi connectivity index (χ2n) is 13.6. The topological polar surface area (TPSA) is 121 Å². The van der Waals surface area contributed by atoms with Gasteiger partial charge in [-0.15, -0.1) is 0 Å². The monoisotopic (exact) mass is 620 g/mol. The molecule has 4 aromatic heterocycles. The van der Waals surface area contributed by atoms with Crippen LogP contribution in [-0.2, 0) is 23.3 Å². The summed E-state index contributed by atoms with van der Waals surface area (Å²) < 4.78 is 22.0. The van der Waals surface area contributed by atoms with Gasteiger partial charge in [-0.3, -0.25) is 9.67 Å². The fraction of sp³-hybridized carbons (Fsp3) is 0.516. The number of ether oxygens (including phenoxy) is 3. The van der Waals surface area contributed by atoms with Gasteiger partial charge in [0.1, 0.15) is 18.4 Å². The first-order valence-corrected chi connectivity index (χ1v) is 18.7. The highest BCUT2D eigenvalue weighted by Crippen LogP contribution is 2.38. The molecule has 0 aliphatic heterocycles. The lowest BCUT2D eigenvalue weighted by molar-refractivity contribution is -0.00927. The lowest BCUT2D eigenvalue weighted by Gasteiger charge is -2.40. The Morgan fingerprint density at radius 3 is 2.57 bits per heavy atom. The van der Waals surface area contributed by atoms with Crippen LogP contribution >= 0.6 is 0 Å². The Morgan fingerprint density at radius 2 is 1.93 bits per heavy atom. The standard InChI is InChI=1S/C31H44N8O4Si/c1-31(2,3)43-30(40)38(5)22-15-23(16-22)42-28-26-24(25-11-9-10-12-32-25)19-39(20-41-13-14-44(6,7)8)27(26)35-29(36-28)34-21-17-33-37(4)18-21/h9-12,17-19,22-23H,13-16,20H2,1-8H3,(H,34,35,36)/t22-,23-. The van der Waals surface area contributed by atoms with E-state index in [1.807, 2.05) is 63.0 Å². The molecular formula is C31H44N8O4Si. The predicted molar refractivity (Wildman–Crippen MR) is 173 cm³/mol. The SMILES string of the molecule is Cn1cc(Nc2nc(O[C@H]3C[C@H](N(C)C(=O)OC(C)(C)C)C3)c3c(-c4ccccn4)cn(COCC[Si](C)(C)C)c3n2)cn1. The average molecular weight is 621 g/mol. The maximum absolute atomic E-state index is 12.6. The molecule has 13 heteroatoms. The summed E-state index contributed by atoms with van der Waals surface area (Å²) in [4.78, 5) is 28.7. The number of pyridine rings is 1. The Kier molecular flexibility index (Phi) is 8.98. The fourth-order valence-electron chi connectivity index (χ4n) is 4.86. The molecule has 1 saturated carbocycles. The molecule has 0 radical (unpaired) electrons. The number of anilines is 2. The minimum atomic E-state index is -1.25. The highest BCUT2D eigenvalue weighted by molar-refractivity contribution is 6.76. The van der Waals surface area contributed by atoms with Gasteiger partial charge in [0.25, 0.3) is 0 Å². The zero-order chi connectivity index (χ0) is 31.6. The second kappa shape index (κ2) is 12.6. The number of carbonyl (C=O) groups is 1. The van der Waals surface area contributed by atoms with E-state index in [0.29, 0.717) is 43.7 Å². The van der Waals surface area contributed by atoms with Crippen molar-refractivity contribution < 1.29 is 19.0 Å². The van der Waals surface area contributed by atoms with E-state index in [0.717, 1.165) is 28.4 Å². The number of nitrogens with one attached hydrogen (secondary N) is 1. The van der Waals surface area contributed by atoms with Gasteiger partial charge in [0.15, 0.2) is 5.65 Å². The third kappa shape index (κ3) is 7.75. The highest BCUT2D eigenvalue weighted by Gasteiger charge is 2.38. The molecule has 0 saturated heterocycles. The molecule has 0 aromatic carbocycles. The Labute approximate surface area is 259 Å². The van der Waals surface area contributed by atoms with Gasteiger partial charge in [-0.2, -0.15) is 15.1 Å². The van der Waals surface area contributed by atoms with Crippen molar-refractivity contribution in [1.29, 1.82) is 0 Å². The summed E-state index contributed by atoms with van der Waals surface area (Å²) in [6, 6.07) is 6.89. The minimum absolute atomic E-state index is 0.0137. The van der Waals surface area contributed by atoms with E-state index in [4.69, 9.17) is 24.2 Å². The Hall–Kier alpha value is -3.97. The smallest absolute Gasteiger partial charge is 0.410 e. The number of fused-ring (bicyclic) bond motifs is 1. The number of amides is 1.